The van der Waals surface area contributed by atoms with Gasteiger partial charge in [-0.15, -0.1) is 0 Å². The van der Waals surface area contributed by atoms with Crippen molar-refractivity contribution in [3.63, 3.8) is 0 Å². The van der Waals surface area contributed by atoms with Gasteiger partial charge < -0.3 is 0 Å². The van der Waals surface area contributed by atoms with E-state index in [1.54, 1.807) is 0 Å². The SMILES string of the molecule is c1ccc(CSCc2cccc(Cc3ccccc3)c2)cc1. The maximum absolute atomic E-state index is 2.34. The highest BCUT2D eigenvalue weighted by atomic mass is 32.2. The first kappa shape index (κ1) is 14.9. The quantitative estimate of drug-likeness (QED) is 0.562. The summed E-state index contributed by atoms with van der Waals surface area (Å²) in [6.45, 7) is 0. The third-order valence-electron chi connectivity index (χ3n) is 3.62. The van der Waals surface area contributed by atoms with Crippen molar-refractivity contribution < 1.29 is 0 Å². The Morgan fingerprint density at radius 1 is 0.500 bits per heavy atom. The predicted molar refractivity (Wildman–Crippen MR) is 97.1 cm³/mol. The summed E-state index contributed by atoms with van der Waals surface area (Å²) in [6, 6.07) is 30.3. The van der Waals surface area contributed by atoms with Gasteiger partial charge >= 0.3 is 0 Å². The van der Waals surface area contributed by atoms with Gasteiger partial charge in [0.15, 0.2) is 0 Å². The van der Waals surface area contributed by atoms with Crippen LogP contribution in [0.4, 0.5) is 0 Å². The Hall–Kier alpha value is -1.99. The van der Waals surface area contributed by atoms with Crippen molar-refractivity contribution in [2.45, 2.75) is 17.9 Å². The van der Waals surface area contributed by atoms with Gasteiger partial charge in [0.1, 0.15) is 0 Å². The number of rotatable bonds is 6. The van der Waals surface area contributed by atoms with Crippen LogP contribution in [0.5, 0.6) is 0 Å². The van der Waals surface area contributed by atoms with Crippen LogP contribution in [-0.2, 0) is 17.9 Å². The van der Waals surface area contributed by atoms with Crippen LogP contribution in [0.15, 0.2) is 84.9 Å². The molecule has 3 rings (SSSR count). The van der Waals surface area contributed by atoms with Crippen LogP contribution in [0.2, 0.25) is 0 Å². The van der Waals surface area contributed by atoms with Gasteiger partial charge in [-0.3, -0.25) is 0 Å². The minimum atomic E-state index is 1.01. The lowest BCUT2D eigenvalue weighted by atomic mass is 10.0. The Morgan fingerprint density at radius 3 is 1.77 bits per heavy atom. The first-order chi connectivity index (χ1) is 10.9. The van der Waals surface area contributed by atoms with E-state index in [9.17, 15) is 0 Å². The molecule has 0 nitrogen and oxygen atoms in total. The van der Waals surface area contributed by atoms with E-state index in [4.69, 9.17) is 0 Å². The fourth-order valence-electron chi connectivity index (χ4n) is 2.52. The van der Waals surface area contributed by atoms with Gasteiger partial charge in [-0.25, -0.2) is 0 Å². The van der Waals surface area contributed by atoms with Crippen molar-refractivity contribution in [2.24, 2.45) is 0 Å². The average molecular weight is 304 g/mol. The Balaban J connectivity index is 1.57. The largest absolute Gasteiger partial charge is 0.152 e. The van der Waals surface area contributed by atoms with Crippen molar-refractivity contribution in [2.75, 3.05) is 0 Å². The molecule has 3 aromatic carbocycles. The Labute approximate surface area is 137 Å². The van der Waals surface area contributed by atoms with E-state index in [1.807, 2.05) is 11.8 Å². The molecule has 0 atom stereocenters. The van der Waals surface area contributed by atoms with Gasteiger partial charge in [-0.05, 0) is 28.7 Å². The molecule has 22 heavy (non-hydrogen) atoms. The maximum Gasteiger partial charge on any atom is 0.0188 e. The Bertz CT molecular complexity index is 689. The molecular weight excluding hydrogens is 284 g/mol. The molecule has 1 heteroatoms. The second-order valence-corrected chi connectivity index (χ2v) is 6.45. The average Bonchev–Trinajstić information content (AvgIpc) is 2.57. The summed E-state index contributed by atoms with van der Waals surface area (Å²) in [4.78, 5) is 0. The molecule has 0 N–H and O–H groups in total. The first-order valence-electron chi connectivity index (χ1n) is 7.63. The summed E-state index contributed by atoms with van der Waals surface area (Å²) in [7, 11) is 0. The zero-order valence-electron chi connectivity index (χ0n) is 12.6. The van der Waals surface area contributed by atoms with E-state index >= 15 is 0 Å². The zero-order chi connectivity index (χ0) is 15.0. The second kappa shape index (κ2) is 7.86. The van der Waals surface area contributed by atoms with E-state index in [1.165, 1.54) is 22.3 Å². The molecule has 110 valence electrons. The number of thioether (sulfide) groups is 1. The highest BCUT2D eigenvalue weighted by Gasteiger charge is 1.99. The molecule has 0 amide bonds. The molecule has 0 aliphatic carbocycles. The Kier molecular flexibility index (Phi) is 5.33. The maximum atomic E-state index is 2.34. The molecule has 0 saturated heterocycles. The Morgan fingerprint density at radius 2 is 1.05 bits per heavy atom. The fraction of sp³-hybridized carbons (Fsp3) is 0.143. The standard InChI is InChI=1S/C21H20S/c1-3-8-18(9-4-1)14-20-12-7-13-21(15-20)17-22-16-19-10-5-2-6-11-19/h1-13,15H,14,16-17H2. The molecule has 0 aromatic heterocycles. The monoisotopic (exact) mass is 304 g/mol. The van der Waals surface area contributed by atoms with Crippen LogP contribution < -0.4 is 0 Å². The van der Waals surface area contributed by atoms with E-state index in [2.05, 4.69) is 84.9 Å². The number of hydrogen-bond acceptors (Lipinski definition) is 1. The minimum absolute atomic E-state index is 1.01. The van der Waals surface area contributed by atoms with E-state index in [-0.39, 0.29) is 0 Å². The van der Waals surface area contributed by atoms with Crippen LogP contribution in [0.1, 0.15) is 22.3 Å². The molecule has 0 aliphatic rings. The molecule has 0 aliphatic heterocycles. The molecule has 0 bridgehead atoms. The highest BCUT2D eigenvalue weighted by molar-refractivity contribution is 7.97. The highest BCUT2D eigenvalue weighted by Crippen LogP contribution is 2.19. The lowest BCUT2D eigenvalue weighted by molar-refractivity contribution is 1.18. The molecule has 3 aromatic rings. The van der Waals surface area contributed by atoms with Crippen LogP contribution in [0, 0.1) is 0 Å². The van der Waals surface area contributed by atoms with Gasteiger partial charge in [0, 0.05) is 11.5 Å². The minimum Gasteiger partial charge on any atom is -0.152 e. The van der Waals surface area contributed by atoms with Gasteiger partial charge in [0.2, 0.25) is 0 Å². The third-order valence-corrected chi connectivity index (χ3v) is 4.70. The lowest BCUT2D eigenvalue weighted by Crippen LogP contribution is -1.90. The molecule has 0 radical (unpaired) electrons. The number of hydrogen-bond donors (Lipinski definition) is 0. The van der Waals surface area contributed by atoms with E-state index in [0.29, 0.717) is 0 Å². The van der Waals surface area contributed by atoms with E-state index < -0.39 is 0 Å². The van der Waals surface area contributed by atoms with Gasteiger partial charge in [0.25, 0.3) is 0 Å². The van der Waals surface area contributed by atoms with Crippen molar-refractivity contribution in [3.8, 4) is 0 Å². The molecule has 0 spiro atoms. The third kappa shape index (κ3) is 4.51. The summed E-state index contributed by atoms with van der Waals surface area (Å²) >= 11 is 1.97. The summed E-state index contributed by atoms with van der Waals surface area (Å²) in [5.41, 5.74) is 5.57. The molecular formula is C21H20S. The van der Waals surface area contributed by atoms with Crippen molar-refractivity contribution in [3.05, 3.63) is 107 Å². The summed E-state index contributed by atoms with van der Waals surface area (Å²) in [5, 5.41) is 0. The van der Waals surface area contributed by atoms with Gasteiger partial charge in [0.05, 0.1) is 0 Å². The fourth-order valence-corrected chi connectivity index (χ4v) is 3.47. The van der Waals surface area contributed by atoms with Crippen molar-refractivity contribution in [1.82, 2.24) is 0 Å². The van der Waals surface area contributed by atoms with Crippen LogP contribution in [0.25, 0.3) is 0 Å². The van der Waals surface area contributed by atoms with Crippen molar-refractivity contribution in [1.29, 1.82) is 0 Å². The smallest absolute Gasteiger partial charge is 0.0188 e. The van der Waals surface area contributed by atoms with Crippen molar-refractivity contribution >= 4 is 11.8 Å². The van der Waals surface area contributed by atoms with Crippen LogP contribution in [0.3, 0.4) is 0 Å². The normalized spacial score (nSPS) is 10.5. The molecule has 0 saturated carbocycles. The van der Waals surface area contributed by atoms with E-state index in [0.717, 1.165) is 17.9 Å². The first-order valence-corrected chi connectivity index (χ1v) is 8.79. The topological polar surface area (TPSA) is 0 Å². The number of benzene rings is 3. The van der Waals surface area contributed by atoms with Crippen LogP contribution in [-0.4, -0.2) is 0 Å². The second-order valence-electron chi connectivity index (χ2n) is 5.46. The molecule has 0 heterocycles. The van der Waals surface area contributed by atoms with Crippen LogP contribution >= 0.6 is 11.8 Å². The summed E-state index contributed by atoms with van der Waals surface area (Å²) < 4.78 is 0. The van der Waals surface area contributed by atoms with Gasteiger partial charge in [-0.2, -0.15) is 11.8 Å². The van der Waals surface area contributed by atoms with Gasteiger partial charge in [-0.1, -0.05) is 84.9 Å². The zero-order valence-corrected chi connectivity index (χ0v) is 13.4. The lowest BCUT2D eigenvalue weighted by Gasteiger charge is -2.06. The predicted octanol–water partition coefficient (Wildman–Crippen LogP) is 5.71. The summed E-state index contributed by atoms with van der Waals surface area (Å²) in [5.74, 6) is 2.14. The molecule has 0 unspecified atom stereocenters. The summed E-state index contributed by atoms with van der Waals surface area (Å²) in [6.07, 6.45) is 1.01. The molecule has 0 fully saturated rings.